The molecule has 3 N–H and O–H groups in total. The maximum Gasteiger partial charge on any atom is 0.416 e. The summed E-state index contributed by atoms with van der Waals surface area (Å²) in [4.78, 5) is 36.9. The monoisotopic (exact) mass is 489 g/mol. The van der Waals surface area contributed by atoms with E-state index in [0.29, 0.717) is 54.3 Å². The number of nitrogens with two attached hydrogens (primary N) is 1. The van der Waals surface area contributed by atoms with E-state index in [4.69, 9.17) is 5.73 Å². The maximum absolute atomic E-state index is 13.3. The van der Waals surface area contributed by atoms with E-state index in [-0.39, 0.29) is 17.2 Å². The molecule has 12 heteroatoms. The number of pyridine rings is 1. The lowest BCUT2D eigenvalue weighted by atomic mass is 10.0. The zero-order valence-corrected chi connectivity index (χ0v) is 19.6. The Balaban J connectivity index is 1.70. The number of rotatable bonds is 4. The number of nitrogens with one attached hydrogen (secondary N) is 1. The lowest BCUT2D eigenvalue weighted by Crippen LogP contribution is -2.49. The molecule has 0 saturated carbocycles. The fourth-order valence-electron chi connectivity index (χ4n) is 4.24. The Labute approximate surface area is 199 Å². The molecule has 35 heavy (non-hydrogen) atoms. The maximum atomic E-state index is 13.3. The first-order chi connectivity index (χ1) is 16.5. The molecule has 0 unspecified atom stereocenters. The first-order valence-electron chi connectivity index (χ1n) is 11.0. The molecule has 1 aliphatic heterocycles. The fraction of sp³-hybridized carbons (Fsp3) is 0.391. The molecule has 0 spiro atoms. The molecule has 3 aromatic rings. The average molecular weight is 490 g/mol. The van der Waals surface area contributed by atoms with Crippen molar-refractivity contribution in [2.75, 3.05) is 42.1 Å². The van der Waals surface area contributed by atoms with Gasteiger partial charge in [0, 0.05) is 45.8 Å². The molecule has 186 valence electrons. The van der Waals surface area contributed by atoms with E-state index >= 15 is 0 Å². The first kappa shape index (κ1) is 24.3. The molecular formula is C23H26F3N7O2. The van der Waals surface area contributed by atoms with Crippen LogP contribution in [0, 0.1) is 0 Å². The van der Waals surface area contributed by atoms with Crippen LogP contribution in [0.2, 0.25) is 0 Å². The molecule has 0 bridgehead atoms. The predicted molar refractivity (Wildman–Crippen MR) is 127 cm³/mol. The standard InChI is InChI=1S/C23H26F3N7O2/c1-13(15-8-16(23(24,25)26)10-17(27)9-15)30-20-18-11-19(22(35)31(3)21(18)29-12-28-20)33-6-4-32(5-7-33)14(2)34/h8-13H,4-7,27H2,1-3H3,(H,28,29,30)/t13-/m1/s1. The van der Waals surface area contributed by atoms with Gasteiger partial charge in [-0.3, -0.25) is 14.2 Å². The number of hydrogen-bond acceptors (Lipinski definition) is 7. The number of benzene rings is 1. The number of fused-ring (bicyclic) bond motifs is 1. The highest BCUT2D eigenvalue weighted by atomic mass is 19.4. The van der Waals surface area contributed by atoms with Crippen molar-refractivity contribution < 1.29 is 18.0 Å². The van der Waals surface area contributed by atoms with Gasteiger partial charge in [-0.15, -0.1) is 0 Å². The minimum Gasteiger partial charge on any atom is -0.399 e. The van der Waals surface area contributed by atoms with Crippen molar-refractivity contribution >= 4 is 34.1 Å². The van der Waals surface area contributed by atoms with Crippen LogP contribution in [0.5, 0.6) is 0 Å². The molecule has 1 amide bonds. The van der Waals surface area contributed by atoms with Gasteiger partial charge in [-0.1, -0.05) is 0 Å². The molecule has 1 aromatic carbocycles. The summed E-state index contributed by atoms with van der Waals surface area (Å²) in [5.41, 5.74) is 5.83. The number of halogens is 3. The summed E-state index contributed by atoms with van der Waals surface area (Å²) in [6.45, 7) is 5.21. The van der Waals surface area contributed by atoms with Gasteiger partial charge in [0.2, 0.25) is 5.91 Å². The summed E-state index contributed by atoms with van der Waals surface area (Å²) in [5.74, 6) is 0.359. The van der Waals surface area contributed by atoms with E-state index in [1.54, 1.807) is 24.9 Å². The van der Waals surface area contributed by atoms with Crippen LogP contribution in [0.15, 0.2) is 35.4 Å². The van der Waals surface area contributed by atoms with Crippen molar-refractivity contribution in [1.29, 1.82) is 0 Å². The van der Waals surface area contributed by atoms with Crippen molar-refractivity contribution in [2.24, 2.45) is 7.05 Å². The molecular weight excluding hydrogens is 463 g/mol. The van der Waals surface area contributed by atoms with Gasteiger partial charge >= 0.3 is 6.18 Å². The molecule has 2 aromatic heterocycles. The van der Waals surface area contributed by atoms with Crippen LogP contribution in [0.3, 0.4) is 0 Å². The normalized spacial score (nSPS) is 15.4. The smallest absolute Gasteiger partial charge is 0.399 e. The van der Waals surface area contributed by atoms with Crippen LogP contribution in [0.1, 0.15) is 31.0 Å². The third kappa shape index (κ3) is 4.86. The van der Waals surface area contributed by atoms with E-state index in [9.17, 15) is 22.8 Å². The van der Waals surface area contributed by atoms with E-state index in [1.165, 1.54) is 23.9 Å². The Morgan fingerprint density at radius 3 is 2.43 bits per heavy atom. The summed E-state index contributed by atoms with van der Waals surface area (Å²) < 4.78 is 41.2. The van der Waals surface area contributed by atoms with Crippen LogP contribution in [-0.4, -0.2) is 51.5 Å². The summed E-state index contributed by atoms with van der Waals surface area (Å²) >= 11 is 0. The molecule has 1 saturated heterocycles. The van der Waals surface area contributed by atoms with Crippen molar-refractivity contribution in [1.82, 2.24) is 19.4 Å². The quantitative estimate of drug-likeness (QED) is 0.543. The summed E-state index contributed by atoms with van der Waals surface area (Å²) in [6.07, 6.45) is -3.23. The van der Waals surface area contributed by atoms with Gasteiger partial charge in [-0.2, -0.15) is 13.2 Å². The zero-order chi connectivity index (χ0) is 25.5. The second-order valence-electron chi connectivity index (χ2n) is 8.60. The Bertz CT molecular complexity index is 1330. The molecule has 0 aliphatic carbocycles. The lowest BCUT2D eigenvalue weighted by molar-refractivity contribution is -0.137. The van der Waals surface area contributed by atoms with Crippen LogP contribution in [0.25, 0.3) is 11.0 Å². The van der Waals surface area contributed by atoms with Gasteiger partial charge in [0.15, 0.2) is 0 Å². The second-order valence-corrected chi connectivity index (χ2v) is 8.60. The SMILES string of the molecule is CC(=O)N1CCN(c2cc3c(N[C@H](C)c4cc(N)cc(C(F)(F)F)c4)ncnc3n(C)c2=O)CC1. The van der Waals surface area contributed by atoms with Crippen LogP contribution in [-0.2, 0) is 18.0 Å². The minimum absolute atomic E-state index is 0.00501. The molecule has 4 rings (SSSR count). The number of carbonyl (C=O) groups is 1. The molecule has 9 nitrogen and oxygen atoms in total. The number of aromatic nitrogens is 3. The molecule has 3 heterocycles. The molecule has 0 radical (unpaired) electrons. The van der Waals surface area contributed by atoms with Gasteiger partial charge in [-0.05, 0) is 36.8 Å². The predicted octanol–water partition coefficient (Wildman–Crippen LogP) is 2.77. The third-order valence-electron chi connectivity index (χ3n) is 6.21. The van der Waals surface area contributed by atoms with Crippen LogP contribution >= 0.6 is 0 Å². The number of nitrogens with zero attached hydrogens (tertiary/aromatic N) is 5. The van der Waals surface area contributed by atoms with Gasteiger partial charge in [0.1, 0.15) is 23.5 Å². The Kier molecular flexibility index (Phi) is 6.30. The van der Waals surface area contributed by atoms with E-state index in [2.05, 4.69) is 15.3 Å². The largest absolute Gasteiger partial charge is 0.416 e. The summed E-state index contributed by atoms with van der Waals surface area (Å²) in [6, 6.07) is 4.54. The molecule has 1 fully saturated rings. The van der Waals surface area contributed by atoms with Gasteiger partial charge in [0.25, 0.3) is 5.56 Å². The zero-order valence-electron chi connectivity index (χ0n) is 19.6. The number of piperazine rings is 1. The number of aryl methyl sites for hydroxylation is 1. The van der Waals surface area contributed by atoms with Gasteiger partial charge in [-0.25, -0.2) is 9.97 Å². The van der Waals surface area contributed by atoms with Crippen molar-refractivity contribution in [3.05, 3.63) is 52.1 Å². The van der Waals surface area contributed by atoms with E-state index in [0.717, 1.165) is 12.1 Å². The van der Waals surface area contributed by atoms with Crippen LogP contribution < -0.4 is 21.5 Å². The molecule has 1 atom stereocenters. The fourth-order valence-corrected chi connectivity index (χ4v) is 4.24. The number of alkyl halides is 3. The lowest BCUT2D eigenvalue weighted by Gasteiger charge is -2.35. The highest BCUT2D eigenvalue weighted by molar-refractivity contribution is 5.89. The first-order valence-corrected chi connectivity index (χ1v) is 11.0. The summed E-state index contributed by atoms with van der Waals surface area (Å²) in [7, 11) is 1.60. The second kappa shape index (κ2) is 9.08. The average Bonchev–Trinajstić information content (AvgIpc) is 2.80. The number of amides is 1. The highest BCUT2D eigenvalue weighted by Crippen LogP contribution is 2.34. The topological polar surface area (TPSA) is 109 Å². The highest BCUT2D eigenvalue weighted by Gasteiger charge is 2.31. The Morgan fingerprint density at radius 2 is 1.80 bits per heavy atom. The van der Waals surface area contributed by atoms with Crippen molar-refractivity contribution in [3.63, 3.8) is 0 Å². The Hall–Kier alpha value is -3.83. The van der Waals surface area contributed by atoms with Crippen LogP contribution in [0.4, 0.5) is 30.4 Å². The van der Waals surface area contributed by atoms with E-state index < -0.39 is 17.8 Å². The number of carbonyl (C=O) groups excluding carboxylic acids is 1. The van der Waals surface area contributed by atoms with Gasteiger partial charge < -0.3 is 20.9 Å². The van der Waals surface area contributed by atoms with Crippen molar-refractivity contribution in [3.8, 4) is 0 Å². The number of hydrogen-bond donors (Lipinski definition) is 2. The number of nitrogen functional groups attached to an aromatic ring is 1. The minimum atomic E-state index is -4.52. The molecule has 1 aliphatic rings. The van der Waals surface area contributed by atoms with E-state index in [1.807, 2.05) is 4.90 Å². The van der Waals surface area contributed by atoms with Crippen molar-refractivity contribution in [2.45, 2.75) is 26.1 Å². The summed E-state index contributed by atoms with van der Waals surface area (Å²) in [5, 5.41) is 3.69. The van der Waals surface area contributed by atoms with Gasteiger partial charge in [0.05, 0.1) is 17.0 Å². The third-order valence-corrected chi connectivity index (χ3v) is 6.21. The Morgan fingerprint density at radius 1 is 1.11 bits per heavy atom. The number of anilines is 3.